The maximum absolute atomic E-state index is 12.9. The molecule has 1 saturated heterocycles. The summed E-state index contributed by atoms with van der Waals surface area (Å²) in [4.78, 5) is 30.9. The van der Waals surface area contributed by atoms with Crippen LogP contribution in [0.2, 0.25) is 0 Å². The Morgan fingerprint density at radius 3 is 2.65 bits per heavy atom. The Bertz CT molecular complexity index is 882. The van der Waals surface area contributed by atoms with Crippen molar-refractivity contribution < 1.29 is 4.79 Å². The van der Waals surface area contributed by atoms with Crippen molar-refractivity contribution in [1.82, 2.24) is 29.9 Å². The van der Waals surface area contributed by atoms with Gasteiger partial charge in [-0.2, -0.15) is 10.2 Å². The van der Waals surface area contributed by atoms with Crippen molar-refractivity contribution in [1.29, 1.82) is 0 Å². The highest BCUT2D eigenvalue weighted by atomic mass is 16.2. The summed E-state index contributed by atoms with van der Waals surface area (Å²) in [5.74, 6) is 3.08. The highest BCUT2D eigenvalue weighted by molar-refractivity contribution is 5.92. The number of carbonyl (C=O) groups excluding carboxylic acids is 1. The zero-order chi connectivity index (χ0) is 18.4. The molecule has 26 heavy (non-hydrogen) atoms. The van der Waals surface area contributed by atoms with E-state index < -0.39 is 0 Å². The van der Waals surface area contributed by atoms with E-state index in [9.17, 15) is 9.59 Å². The van der Waals surface area contributed by atoms with E-state index in [1.54, 1.807) is 7.05 Å². The molecule has 0 unspecified atom stereocenters. The van der Waals surface area contributed by atoms with Crippen LogP contribution in [0.15, 0.2) is 16.9 Å². The molecule has 0 bridgehead atoms. The first-order valence-corrected chi connectivity index (χ1v) is 9.20. The fourth-order valence-electron chi connectivity index (χ4n) is 3.78. The van der Waals surface area contributed by atoms with Gasteiger partial charge in [-0.15, -0.1) is 0 Å². The summed E-state index contributed by atoms with van der Waals surface area (Å²) in [6, 6.07) is 2.90. The van der Waals surface area contributed by atoms with Crippen molar-refractivity contribution in [3.05, 3.63) is 39.8 Å². The van der Waals surface area contributed by atoms with Gasteiger partial charge >= 0.3 is 0 Å². The van der Waals surface area contributed by atoms with E-state index in [0.717, 1.165) is 11.6 Å². The maximum atomic E-state index is 12.9. The number of H-pyrrole nitrogens is 1. The molecule has 0 radical (unpaired) electrons. The predicted octanol–water partition coefficient (Wildman–Crippen LogP) is 1.29. The quantitative estimate of drug-likeness (QED) is 0.890. The average molecular weight is 356 g/mol. The Labute approximate surface area is 151 Å². The molecular weight excluding hydrogens is 332 g/mol. The van der Waals surface area contributed by atoms with E-state index in [4.69, 9.17) is 0 Å². The maximum Gasteiger partial charge on any atom is 0.274 e. The number of nitrogens with one attached hydrogen (secondary N) is 1. The fraction of sp³-hybridized carbons (Fsp3) is 0.611. The molecule has 1 saturated carbocycles. The lowest BCUT2D eigenvalue weighted by Gasteiger charge is -2.15. The molecule has 2 aliphatic rings. The van der Waals surface area contributed by atoms with Gasteiger partial charge in [0.05, 0.1) is 0 Å². The normalized spacial score (nSPS) is 23.0. The molecule has 1 aliphatic carbocycles. The molecule has 3 heterocycles. The summed E-state index contributed by atoms with van der Waals surface area (Å²) >= 11 is 0. The predicted molar refractivity (Wildman–Crippen MR) is 94.8 cm³/mol. The number of rotatable bonds is 4. The molecular formula is C18H24N6O2. The molecule has 2 aromatic heterocycles. The molecule has 1 aliphatic heterocycles. The average Bonchev–Trinajstić information content (AvgIpc) is 3.17. The van der Waals surface area contributed by atoms with Crippen LogP contribution in [0.25, 0.3) is 0 Å². The first-order chi connectivity index (χ1) is 12.4. The summed E-state index contributed by atoms with van der Waals surface area (Å²) in [6.45, 7) is 5.45. The molecule has 2 fully saturated rings. The van der Waals surface area contributed by atoms with Gasteiger partial charge in [0.1, 0.15) is 11.5 Å². The zero-order valence-electron chi connectivity index (χ0n) is 15.3. The van der Waals surface area contributed by atoms with E-state index >= 15 is 0 Å². The molecule has 138 valence electrons. The highest BCUT2D eigenvalue weighted by Gasteiger charge is 2.46. The van der Waals surface area contributed by atoms with Crippen molar-refractivity contribution in [3.63, 3.8) is 0 Å². The third-order valence-corrected chi connectivity index (χ3v) is 5.45. The summed E-state index contributed by atoms with van der Waals surface area (Å²) < 4.78 is 1.20. The molecule has 1 N–H and O–H groups in total. The Hall–Kier alpha value is -2.51. The van der Waals surface area contributed by atoms with Crippen molar-refractivity contribution in [2.75, 3.05) is 13.1 Å². The van der Waals surface area contributed by atoms with Crippen LogP contribution in [-0.4, -0.2) is 48.9 Å². The Morgan fingerprint density at radius 1 is 1.27 bits per heavy atom. The number of aromatic nitrogens is 5. The lowest BCUT2D eigenvalue weighted by molar-refractivity contribution is 0.0776. The van der Waals surface area contributed by atoms with Crippen LogP contribution in [-0.2, 0) is 7.05 Å². The third-order valence-electron chi connectivity index (χ3n) is 5.45. The molecule has 4 rings (SSSR count). The third kappa shape index (κ3) is 3.04. The highest BCUT2D eigenvalue weighted by Crippen LogP contribution is 2.47. The van der Waals surface area contributed by atoms with Crippen LogP contribution < -0.4 is 5.56 Å². The fourth-order valence-corrected chi connectivity index (χ4v) is 3.78. The van der Waals surface area contributed by atoms with Crippen molar-refractivity contribution in [3.8, 4) is 0 Å². The van der Waals surface area contributed by atoms with Gasteiger partial charge in [0, 0.05) is 38.0 Å². The van der Waals surface area contributed by atoms with Crippen molar-refractivity contribution in [2.45, 2.75) is 38.5 Å². The van der Waals surface area contributed by atoms with Gasteiger partial charge in [-0.25, -0.2) is 9.67 Å². The van der Waals surface area contributed by atoms with Crippen molar-refractivity contribution in [2.24, 2.45) is 18.9 Å². The zero-order valence-corrected chi connectivity index (χ0v) is 15.3. The molecule has 8 nitrogen and oxygen atoms in total. The number of aromatic amines is 1. The minimum Gasteiger partial charge on any atom is -0.336 e. The van der Waals surface area contributed by atoms with Crippen molar-refractivity contribution >= 4 is 5.91 Å². The van der Waals surface area contributed by atoms with E-state index in [1.807, 2.05) is 4.90 Å². The molecule has 0 spiro atoms. The van der Waals surface area contributed by atoms with Gasteiger partial charge in [-0.05, 0) is 30.7 Å². The second-order valence-electron chi connectivity index (χ2n) is 7.73. The largest absolute Gasteiger partial charge is 0.336 e. The number of nitrogens with zero attached hydrogens (tertiary/aromatic N) is 5. The minimum absolute atomic E-state index is 0.127. The van der Waals surface area contributed by atoms with Gasteiger partial charge in [0.15, 0.2) is 5.82 Å². The van der Waals surface area contributed by atoms with Gasteiger partial charge in [-0.3, -0.25) is 14.7 Å². The van der Waals surface area contributed by atoms with Crippen LogP contribution in [0.3, 0.4) is 0 Å². The Morgan fingerprint density at radius 2 is 2.04 bits per heavy atom. The second kappa shape index (κ2) is 6.34. The van der Waals surface area contributed by atoms with Gasteiger partial charge in [-0.1, -0.05) is 13.8 Å². The number of likely N-dealkylation sites (tertiary alicyclic amines) is 1. The van der Waals surface area contributed by atoms with Crippen LogP contribution in [0.5, 0.6) is 0 Å². The number of amides is 1. The summed E-state index contributed by atoms with van der Waals surface area (Å²) in [6.07, 6.45) is 2.43. The van der Waals surface area contributed by atoms with Crippen LogP contribution in [0.1, 0.15) is 60.7 Å². The van der Waals surface area contributed by atoms with Crippen LogP contribution >= 0.6 is 0 Å². The lowest BCUT2D eigenvalue weighted by atomic mass is 9.91. The first kappa shape index (κ1) is 16.9. The number of hydrogen-bond donors (Lipinski definition) is 1. The second-order valence-corrected chi connectivity index (χ2v) is 7.73. The van der Waals surface area contributed by atoms with E-state index in [2.05, 4.69) is 34.1 Å². The topological polar surface area (TPSA) is 96.8 Å². The van der Waals surface area contributed by atoms with E-state index in [1.165, 1.54) is 29.7 Å². The summed E-state index contributed by atoms with van der Waals surface area (Å²) in [5, 5.41) is 11.5. The molecule has 2 atom stereocenters. The summed E-state index contributed by atoms with van der Waals surface area (Å²) in [5.41, 5.74) is 0.0855. The van der Waals surface area contributed by atoms with Crippen LogP contribution in [0.4, 0.5) is 0 Å². The Kier molecular flexibility index (Phi) is 4.13. The minimum atomic E-state index is -0.223. The van der Waals surface area contributed by atoms with Gasteiger partial charge in [0.25, 0.3) is 11.5 Å². The number of aryl methyl sites for hydroxylation is 1. The first-order valence-electron chi connectivity index (χ1n) is 9.20. The van der Waals surface area contributed by atoms with E-state index in [-0.39, 0.29) is 23.3 Å². The number of hydrogen-bond acceptors (Lipinski definition) is 5. The lowest BCUT2D eigenvalue weighted by Crippen LogP contribution is -2.32. The monoisotopic (exact) mass is 356 g/mol. The Balaban J connectivity index is 1.58. The van der Waals surface area contributed by atoms with E-state index in [0.29, 0.717) is 30.6 Å². The SMILES string of the molecule is CC(C)c1n[nH]c([C@H]2CN(C(=O)c3ccc(=O)n(C)n3)C[C@@H]2C2CC2)n1. The number of carbonyl (C=O) groups is 1. The smallest absolute Gasteiger partial charge is 0.274 e. The molecule has 0 aromatic carbocycles. The van der Waals surface area contributed by atoms with Gasteiger partial charge < -0.3 is 4.90 Å². The van der Waals surface area contributed by atoms with Crippen LogP contribution in [0, 0.1) is 11.8 Å². The van der Waals surface area contributed by atoms with Gasteiger partial charge in [0.2, 0.25) is 0 Å². The molecule has 8 heteroatoms. The standard InChI is InChI=1S/C18H24N6O2/c1-10(2)16-19-17(21-20-16)13-9-24(8-12(13)11-4-5-11)18(26)14-6-7-15(25)23(3)22-14/h6-7,10-13H,4-5,8-9H2,1-3H3,(H,19,20,21)/t12-,13+/m1/s1. The molecule has 2 aromatic rings. The molecule has 1 amide bonds. The summed E-state index contributed by atoms with van der Waals surface area (Å²) in [7, 11) is 1.56.